The number of carbonyl (C=O) groups is 3. The summed E-state index contributed by atoms with van der Waals surface area (Å²) >= 11 is 0. The molecule has 0 bridgehead atoms. The van der Waals surface area contributed by atoms with Crippen LogP contribution in [0.3, 0.4) is 0 Å². The van der Waals surface area contributed by atoms with E-state index in [1.165, 1.54) is 0 Å². The van der Waals surface area contributed by atoms with Gasteiger partial charge in [0.1, 0.15) is 6.04 Å². The molecule has 2 aliphatic heterocycles. The van der Waals surface area contributed by atoms with Crippen LogP contribution in [0.4, 0.5) is 5.69 Å². The molecule has 3 amide bonds. The van der Waals surface area contributed by atoms with Gasteiger partial charge in [0.25, 0.3) is 5.91 Å². The summed E-state index contributed by atoms with van der Waals surface area (Å²) < 4.78 is 0. The Balaban J connectivity index is 1.72. The van der Waals surface area contributed by atoms with Gasteiger partial charge in [0.15, 0.2) is 0 Å². The summed E-state index contributed by atoms with van der Waals surface area (Å²) in [7, 11) is 0. The molecule has 2 N–H and O–H groups in total. The summed E-state index contributed by atoms with van der Waals surface area (Å²) in [6.07, 6.45) is 2.87. The van der Waals surface area contributed by atoms with Crippen LogP contribution in [-0.2, 0) is 9.59 Å². The van der Waals surface area contributed by atoms with Gasteiger partial charge in [-0.15, -0.1) is 0 Å². The molecule has 0 unspecified atom stereocenters. The van der Waals surface area contributed by atoms with Crippen LogP contribution >= 0.6 is 0 Å². The number of piperidine rings is 1. The van der Waals surface area contributed by atoms with E-state index in [1.807, 2.05) is 4.90 Å². The smallest absolute Gasteiger partial charge is 0.255 e. The molecule has 2 heterocycles. The van der Waals surface area contributed by atoms with E-state index in [2.05, 4.69) is 17.6 Å². The average Bonchev–Trinajstić information content (AvgIpc) is 3.02. The summed E-state index contributed by atoms with van der Waals surface area (Å²) in [4.78, 5) is 38.2. The third-order valence-corrected chi connectivity index (χ3v) is 4.80. The molecule has 24 heavy (non-hydrogen) atoms. The molecule has 0 saturated carbocycles. The maximum atomic E-state index is 12.8. The second-order valence-electron chi connectivity index (χ2n) is 6.67. The first-order valence-electron chi connectivity index (χ1n) is 8.53. The van der Waals surface area contributed by atoms with E-state index in [9.17, 15) is 14.4 Å². The van der Waals surface area contributed by atoms with Crippen LogP contribution in [0.15, 0.2) is 24.3 Å². The van der Waals surface area contributed by atoms with Crippen molar-refractivity contribution < 1.29 is 14.4 Å². The van der Waals surface area contributed by atoms with Gasteiger partial charge in [0.2, 0.25) is 11.8 Å². The van der Waals surface area contributed by atoms with Gasteiger partial charge < -0.3 is 15.5 Å². The molecule has 1 aromatic rings. The van der Waals surface area contributed by atoms with E-state index in [0.29, 0.717) is 30.0 Å². The van der Waals surface area contributed by atoms with Crippen LogP contribution in [0.5, 0.6) is 0 Å². The number of nitrogens with zero attached hydrogens (tertiary/aromatic N) is 1. The molecule has 2 aliphatic rings. The number of benzene rings is 1. The molecule has 0 aromatic heterocycles. The normalized spacial score (nSPS) is 21.5. The summed E-state index contributed by atoms with van der Waals surface area (Å²) in [5.41, 5.74) is 1.01. The summed E-state index contributed by atoms with van der Waals surface area (Å²) in [6, 6.07) is 6.54. The average molecular weight is 329 g/mol. The number of likely N-dealkylation sites (tertiary alicyclic amines) is 1. The van der Waals surface area contributed by atoms with Crippen molar-refractivity contribution in [3.8, 4) is 0 Å². The van der Waals surface area contributed by atoms with Crippen LogP contribution in [0.25, 0.3) is 0 Å². The van der Waals surface area contributed by atoms with Gasteiger partial charge in [-0.1, -0.05) is 19.1 Å². The molecule has 3 rings (SSSR count). The lowest BCUT2D eigenvalue weighted by atomic mass is 9.98. The fraction of sp³-hybridized carbons (Fsp3) is 0.500. The number of carbonyl (C=O) groups excluding carboxylic acids is 3. The van der Waals surface area contributed by atoms with Gasteiger partial charge in [-0.2, -0.15) is 0 Å². The van der Waals surface area contributed by atoms with Crippen molar-refractivity contribution in [3.05, 3.63) is 29.8 Å². The van der Waals surface area contributed by atoms with Crippen LogP contribution in [0, 0.1) is 5.92 Å². The van der Waals surface area contributed by atoms with Gasteiger partial charge in [-0.05, 0) is 37.3 Å². The first-order valence-corrected chi connectivity index (χ1v) is 8.53. The highest BCUT2D eigenvalue weighted by molar-refractivity contribution is 6.06. The molecule has 1 aromatic carbocycles. The maximum absolute atomic E-state index is 12.8. The van der Waals surface area contributed by atoms with Gasteiger partial charge >= 0.3 is 0 Å². The van der Waals surface area contributed by atoms with Crippen molar-refractivity contribution in [2.45, 2.75) is 38.6 Å². The van der Waals surface area contributed by atoms with Crippen molar-refractivity contribution in [1.29, 1.82) is 0 Å². The zero-order valence-corrected chi connectivity index (χ0v) is 13.9. The van der Waals surface area contributed by atoms with Crippen LogP contribution in [0.1, 0.15) is 43.0 Å². The predicted molar refractivity (Wildman–Crippen MR) is 90.5 cm³/mol. The molecule has 0 spiro atoms. The Morgan fingerprint density at radius 2 is 1.88 bits per heavy atom. The minimum atomic E-state index is -0.517. The fourth-order valence-electron chi connectivity index (χ4n) is 3.19. The van der Waals surface area contributed by atoms with Gasteiger partial charge in [0.05, 0.1) is 11.3 Å². The standard InChI is InChI=1S/C18H23N3O3/c1-12-8-10-21(11-9-12)18(24)13-4-2-3-5-14(13)20-17(23)15-6-7-16(22)19-15/h2-5,12,15H,6-11H2,1H3,(H,19,22)(H,20,23)/t15-/m1/s1. The van der Waals surface area contributed by atoms with Crippen molar-refractivity contribution in [2.24, 2.45) is 5.92 Å². The predicted octanol–water partition coefficient (Wildman–Crippen LogP) is 1.78. The Bertz CT molecular complexity index is 651. The SMILES string of the molecule is CC1CCN(C(=O)c2ccccc2NC(=O)[C@H]2CCC(=O)N2)CC1. The Kier molecular flexibility index (Phi) is 4.83. The Morgan fingerprint density at radius 3 is 2.54 bits per heavy atom. The van der Waals surface area contributed by atoms with E-state index in [0.717, 1.165) is 25.9 Å². The highest BCUT2D eigenvalue weighted by Gasteiger charge is 2.29. The van der Waals surface area contributed by atoms with Crippen molar-refractivity contribution in [2.75, 3.05) is 18.4 Å². The van der Waals surface area contributed by atoms with Gasteiger partial charge in [-0.3, -0.25) is 14.4 Å². The second kappa shape index (κ2) is 7.03. The minimum Gasteiger partial charge on any atom is -0.344 e. The largest absolute Gasteiger partial charge is 0.344 e. The molecule has 6 heteroatoms. The van der Waals surface area contributed by atoms with Crippen LogP contribution in [0.2, 0.25) is 0 Å². The van der Waals surface area contributed by atoms with Gasteiger partial charge in [-0.25, -0.2) is 0 Å². The number of anilines is 1. The van der Waals surface area contributed by atoms with E-state index >= 15 is 0 Å². The number of rotatable bonds is 3. The van der Waals surface area contributed by atoms with Crippen molar-refractivity contribution in [3.63, 3.8) is 0 Å². The molecule has 2 saturated heterocycles. The van der Waals surface area contributed by atoms with Crippen LogP contribution < -0.4 is 10.6 Å². The highest BCUT2D eigenvalue weighted by Crippen LogP contribution is 2.22. The number of nitrogens with one attached hydrogen (secondary N) is 2. The lowest BCUT2D eigenvalue weighted by Crippen LogP contribution is -2.39. The lowest BCUT2D eigenvalue weighted by Gasteiger charge is -2.30. The number of para-hydroxylation sites is 1. The maximum Gasteiger partial charge on any atom is 0.255 e. The number of hydrogen-bond acceptors (Lipinski definition) is 3. The third kappa shape index (κ3) is 3.58. The van der Waals surface area contributed by atoms with Crippen molar-refractivity contribution in [1.82, 2.24) is 10.2 Å². The molecule has 128 valence electrons. The van der Waals surface area contributed by atoms with E-state index in [-0.39, 0.29) is 17.7 Å². The highest BCUT2D eigenvalue weighted by atomic mass is 16.2. The van der Waals surface area contributed by atoms with E-state index in [1.54, 1.807) is 24.3 Å². The third-order valence-electron chi connectivity index (χ3n) is 4.80. The quantitative estimate of drug-likeness (QED) is 0.887. The molecular weight excluding hydrogens is 306 g/mol. The molecule has 1 atom stereocenters. The first-order chi connectivity index (χ1) is 11.5. The minimum absolute atomic E-state index is 0.0479. The monoisotopic (exact) mass is 329 g/mol. The Morgan fingerprint density at radius 1 is 1.17 bits per heavy atom. The Hall–Kier alpha value is -2.37. The topological polar surface area (TPSA) is 78.5 Å². The molecule has 6 nitrogen and oxygen atoms in total. The molecular formula is C18H23N3O3. The van der Waals surface area contributed by atoms with Crippen molar-refractivity contribution >= 4 is 23.4 Å². The fourth-order valence-corrected chi connectivity index (χ4v) is 3.19. The van der Waals surface area contributed by atoms with E-state index in [4.69, 9.17) is 0 Å². The number of hydrogen-bond donors (Lipinski definition) is 2. The summed E-state index contributed by atoms with van der Waals surface area (Å²) in [5.74, 6) is 0.221. The zero-order chi connectivity index (χ0) is 17.1. The molecule has 0 aliphatic carbocycles. The lowest BCUT2D eigenvalue weighted by molar-refractivity contribution is -0.122. The molecule has 2 fully saturated rings. The van der Waals surface area contributed by atoms with Crippen LogP contribution in [-0.4, -0.2) is 41.8 Å². The summed E-state index contributed by atoms with van der Waals surface area (Å²) in [6.45, 7) is 3.70. The second-order valence-corrected chi connectivity index (χ2v) is 6.67. The van der Waals surface area contributed by atoms with E-state index < -0.39 is 6.04 Å². The number of amides is 3. The van der Waals surface area contributed by atoms with Gasteiger partial charge in [0, 0.05) is 19.5 Å². The molecule has 0 radical (unpaired) electrons. The Labute approximate surface area is 141 Å². The summed E-state index contributed by atoms with van der Waals surface area (Å²) in [5, 5.41) is 5.45. The zero-order valence-electron chi connectivity index (χ0n) is 13.9. The first kappa shape index (κ1) is 16.5.